The van der Waals surface area contributed by atoms with Gasteiger partial charge < -0.3 is 4.74 Å². The van der Waals surface area contributed by atoms with Gasteiger partial charge in [-0.15, -0.1) is 0 Å². The number of ketones is 1. The lowest BCUT2D eigenvalue weighted by molar-refractivity contribution is 0.103. The van der Waals surface area contributed by atoms with E-state index < -0.39 is 11.6 Å². The van der Waals surface area contributed by atoms with Crippen molar-refractivity contribution in [2.75, 3.05) is 7.11 Å². The van der Waals surface area contributed by atoms with Gasteiger partial charge in [0.15, 0.2) is 17.3 Å². The predicted molar refractivity (Wildman–Crippen MR) is 78.2 cm³/mol. The van der Waals surface area contributed by atoms with Gasteiger partial charge in [-0.2, -0.15) is 0 Å². The molecule has 0 N–H and O–H groups in total. The highest BCUT2D eigenvalue weighted by molar-refractivity contribution is 9.11. The van der Waals surface area contributed by atoms with Crippen LogP contribution in [0.4, 0.5) is 4.39 Å². The molecule has 98 valence electrons. The van der Waals surface area contributed by atoms with Crippen LogP contribution < -0.4 is 4.74 Å². The molecule has 0 saturated heterocycles. The van der Waals surface area contributed by atoms with Crippen LogP contribution in [-0.4, -0.2) is 12.9 Å². The first-order valence-electron chi connectivity index (χ1n) is 5.37. The first kappa shape index (κ1) is 14.2. The third kappa shape index (κ3) is 2.87. The molecule has 0 aliphatic heterocycles. The van der Waals surface area contributed by atoms with Crippen LogP contribution in [0.5, 0.6) is 5.75 Å². The monoisotopic (exact) mass is 386 g/mol. The summed E-state index contributed by atoms with van der Waals surface area (Å²) in [5, 5.41) is 0. The van der Waals surface area contributed by atoms with Gasteiger partial charge >= 0.3 is 0 Å². The quantitative estimate of drug-likeness (QED) is 0.720. The number of halogens is 3. The van der Waals surface area contributed by atoms with Crippen LogP contribution in [0.15, 0.2) is 45.3 Å². The van der Waals surface area contributed by atoms with Crippen molar-refractivity contribution < 1.29 is 13.9 Å². The Labute approximate surface area is 126 Å². The average Bonchev–Trinajstić information content (AvgIpc) is 2.41. The summed E-state index contributed by atoms with van der Waals surface area (Å²) in [5.41, 5.74) is 0.375. The Morgan fingerprint density at radius 3 is 2.58 bits per heavy atom. The van der Waals surface area contributed by atoms with E-state index in [1.165, 1.54) is 19.2 Å². The lowest BCUT2D eigenvalue weighted by atomic mass is 10.0. The third-order valence-corrected chi connectivity index (χ3v) is 3.79. The number of hydrogen-bond donors (Lipinski definition) is 0. The van der Waals surface area contributed by atoms with Crippen molar-refractivity contribution in [3.05, 3.63) is 62.3 Å². The maximum Gasteiger partial charge on any atom is 0.197 e. The second-order valence-corrected chi connectivity index (χ2v) is 5.55. The fraction of sp³-hybridized carbons (Fsp3) is 0.0714. The molecule has 19 heavy (non-hydrogen) atoms. The fourth-order valence-corrected chi connectivity index (χ4v) is 2.45. The highest BCUT2D eigenvalue weighted by Crippen LogP contribution is 2.27. The fourth-order valence-electron chi connectivity index (χ4n) is 1.66. The second kappa shape index (κ2) is 5.84. The molecule has 2 aromatic rings. The van der Waals surface area contributed by atoms with Crippen molar-refractivity contribution in [3.8, 4) is 5.75 Å². The highest BCUT2D eigenvalue weighted by Gasteiger charge is 2.19. The Morgan fingerprint density at radius 1 is 1.16 bits per heavy atom. The minimum Gasteiger partial charge on any atom is -0.494 e. The van der Waals surface area contributed by atoms with E-state index >= 15 is 0 Å². The largest absolute Gasteiger partial charge is 0.494 e. The normalized spacial score (nSPS) is 10.3. The zero-order chi connectivity index (χ0) is 14.0. The SMILES string of the molecule is COc1cccc(C(=O)c2cc(Br)ccc2Br)c1F. The average molecular weight is 388 g/mol. The molecule has 0 radical (unpaired) electrons. The number of methoxy groups -OCH3 is 1. The molecule has 0 spiro atoms. The molecule has 0 atom stereocenters. The molecule has 0 fully saturated rings. The maximum absolute atomic E-state index is 14.1. The summed E-state index contributed by atoms with van der Waals surface area (Å²) in [4.78, 5) is 12.4. The van der Waals surface area contributed by atoms with Crippen LogP contribution in [0, 0.1) is 5.82 Å². The Balaban J connectivity index is 2.53. The first-order valence-corrected chi connectivity index (χ1v) is 6.95. The van der Waals surface area contributed by atoms with Crippen LogP contribution in [0.2, 0.25) is 0 Å². The number of benzene rings is 2. The summed E-state index contributed by atoms with van der Waals surface area (Å²) in [5.74, 6) is -0.997. The lowest BCUT2D eigenvalue weighted by Crippen LogP contribution is -2.06. The van der Waals surface area contributed by atoms with Crippen LogP contribution in [-0.2, 0) is 0 Å². The standard InChI is InChI=1S/C14H9Br2FO2/c1-19-12-4-2-3-9(13(12)17)14(18)10-7-8(15)5-6-11(10)16/h2-7H,1H3. The van der Waals surface area contributed by atoms with Crippen molar-refractivity contribution in [2.24, 2.45) is 0 Å². The zero-order valence-electron chi connectivity index (χ0n) is 9.91. The predicted octanol–water partition coefficient (Wildman–Crippen LogP) is 4.59. The molecular formula is C14H9Br2FO2. The van der Waals surface area contributed by atoms with Gasteiger partial charge in [-0.25, -0.2) is 4.39 Å². The molecule has 0 heterocycles. The van der Waals surface area contributed by atoms with Crippen molar-refractivity contribution in [2.45, 2.75) is 0 Å². The molecule has 2 aromatic carbocycles. The van der Waals surface area contributed by atoms with Gasteiger partial charge in [0.2, 0.25) is 0 Å². The molecule has 2 nitrogen and oxygen atoms in total. The van der Waals surface area contributed by atoms with Crippen LogP contribution in [0.1, 0.15) is 15.9 Å². The summed E-state index contributed by atoms with van der Waals surface area (Å²) in [6, 6.07) is 9.67. The van der Waals surface area contributed by atoms with E-state index in [0.717, 1.165) is 4.47 Å². The summed E-state index contributed by atoms with van der Waals surface area (Å²) in [6.45, 7) is 0. The van der Waals surface area contributed by atoms with E-state index in [2.05, 4.69) is 31.9 Å². The van der Waals surface area contributed by atoms with E-state index in [1.54, 1.807) is 24.3 Å². The number of carbonyl (C=O) groups excluding carboxylic acids is 1. The van der Waals surface area contributed by atoms with Gasteiger partial charge in [-0.3, -0.25) is 4.79 Å². The van der Waals surface area contributed by atoms with Crippen molar-refractivity contribution in [1.29, 1.82) is 0 Å². The van der Waals surface area contributed by atoms with E-state index in [0.29, 0.717) is 10.0 Å². The molecule has 0 unspecified atom stereocenters. The Kier molecular flexibility index (Phi) is 4.37. The van der Waals surface area contributed by atoms with Gasteiger partial charge in [0.05, 0.1) is 12.7 Å². The third-order valence-electron chi connectivity index (χ3n) is 2.60. The van der Waals surface area contributed by atoms with Crippen LogP contribution >= 0.6 is 31.9 Å². The van der Waals surface area contributed by atoms with Gasteiger partial charge in [-0.1, -0.05) is 37.9 Å². The van der Waals surface area contributed by atoms with Crippen molar-refractivity contribution in [3.63, 3.8) is 0 Å². The van der Waals surface area contributed by atoms with Gasteiger partial charge in [0, 0.05) is 14.5 Å². The van der Waals surface area contributed by atoms with E-state index in [1.807, 2.05) is 0 Å². The lowest BCUT2D eigenvalue weighted by Gasteiger charge is -2.08. The van der Waals surface area contributed by atoms with Gasteiger partial charge in [-0.05, 0) is 30.3 Å². The second-order valence-electron chi connectivity index (χ2n) is 3.78. The van der Waals surface area contributed by atoms with E-state index in [9.17, 15) is 9.18 Å². The maximum atomic E-state index is 14.1. The van der Waals surface area contributed by atoms with Crippen LogP contribution in [0.25, 0.3) is 0 Å². The van der Waals surface area contributed by atoms with Gasteiger partial charge in [0.1, 0.15) is 0 Å². The minimum absolute atomic E-state index is 0.0156. The number of ether oxygens (including phenoxy) is 1. The number of hydrogen-bond acceptors (Lipinski definition) is 2. The van der Waals surface area contributed by atoms with Crippen molar-refractivity contribution >= 4 is 37.6 Å². The summed E-state index contributed by atoms with van der Waals surface area (Å²) in [7, 11) is 1.36. The summed E-state index contributed by atoms with van der Waals surface area (Å²) >= 11 is 6.59. The molecule has 0 saturated carbocycles. The number of carbonyl (C=O) groups is 1. The van der Waals surface area contributed by atoms with E-state index in [4.69, 9.17) is 4.74 Å². The molecule has 2 rings (SSSR count). The summed E-state index contributed by atoms with van der Waals surface area (Å²) in [6.07, 6.45) is 0. The van der Waals surface area contributed by atoms with Crippen molar-refractivity contribution in [1.82, 2.24) is 0 Å². The highest BCUT2D eigenvalue weighted by atomic mass is 79.9. The Hall–Kier alpha value is -1.20. The Morgan fingerprint density at radius 2 is 1.89 bits per heavy atom. The van der Waals surface area contributed by atoms with E-state index in [-0.39, 0.29) is 11.3 Å². The summed E-state index contributed by atoms with van der Waals surface area (Å²) < 4.78 is 20.3. The topological polar surface area (TPSA) is 26.3 Å². The molecule has 0 aromatic heterocycles. The van der Waals surface area contributed by atoms with Crippen LogP contribution in [0.3, 0.4) is 0 Å². The Bertz CT molecular complexity index is 641. The number of rotatable bonds is 3. The molecule has 0 aliphatic rings. The molecule has 5 heteroatoms. The smallest absolute Gasteiger partial charge is 0.197 e. The molecule has 0 bridgehead atoms. The minimum atomic E-state index is -0.651. The molecule has 0 amide bonds. The molecular weight excluding hydrogens is 379 g/mol. The zero-order valence-corrected chi connectivity index (χ0v) is 13.1. The first-order chi connectivity index (χ1) is 9.04. The van der Waals surface area contributed by atoms with Gasteiger partial charge in [0.25, 0.3) is 0 Å². The molecule has 0 aliphatic carbocycles.